The van der Waals surface area contributed by atoms with Crippen LogP contribution in [0.3, 0.4) is 0 Å². The third kappa shape index (κ3) is 6.27. The van der Waals surface area contributed by atoms with Crippen molar-refractivity contribution in [2.24, 2.45) is 5.73 Å². The number of ether oxygens (including phenoxy) is 1. The second kappa shape index (κ2) is 10.1. The Balaban J connectivity index is 1.59. The normalized spacial score (nSPS) is 10.4. The second-order valence-corrected chi connectivity index (χ2v) is 7.97. The van der Waals surface area contributed by atoms with Gasteiger partial charge in [0.05, 0.1) is 12.2 Å². The summed E-state index contributed by atoms with van der Waals surface area (Å²) in [6.45, 7) is 1.74. The van der Waals surface area contributed by atoms with Crippen LogP contribution in [0.25, 0.3) is 0 Å². The number of carbonyl (C=O) groups is 3. The fourth-order valence-electron chi connectivity index (χ4n) is 2.56. The first-order chi connectivity index (χ1) is 14.8. The molecule has 3 amide bonds. The summed E-state index contributed by atoms with van der Waals surface area (Å²) in [4.78, 5) is 40.1. The molecule has 8 nitrogen and oxygen atoms in total. The summed E-state index contributed by atoms with van der Waals surface area (Å²) in [6.07, 6.45) is 0. The minimum absolute atomic E-state index is 0.232. The molecule has 0 spiro atoms. The van der Waals surface area contributed by atoms with Crippen LogP contribution in [-0.4, -0.2) is 29.3 Å². The van der Waals surface area contributed by atoms with Crippen molar-refractivity contribution in [2.45, 2.75) is 13.5 Å². The zero-order valence-corrected chi connectivity index (χ0v) is 18.0. The number of thiazole rings is 1. The maximum absolute atomic E-state index is 12.6. The molecule has 0 aliphatic carbocycles. The lowest BCUT2D eigenvalue weighted by molar-refractivity contribution is -0.117. The van der Waals surface area contributed by atoms with Crippen molar-refractivity contribution in [1.82, 2.24) is 10.3 Å². The van der Waals surface area contributed by atoms with Crippen molar-refractivity contribution in [3.8, 4) is 5.75 Å². The molecule has 31 heavy (non-hydrogen) atoms. The number of nitrogens with zero attached hydrogens (tertiary/aromatic N) is 1. The van der Waals surface area contributed by atoms with E-state index in [0.717, 1.165) is 0 Å². The molecule has 1 aromatic heterocycles. The number of anilines is 1. The van der Waals surface area contributed by atoms with Crippen LogP contribution in [0, 0.1) is 6.92 Å². The number of hydrogen-bond donors (Lipinski definition) is 3. The van der Waals surface area contributed by atoms with Gasteiger partial charge in [-0.15, -0.1) is 11.3 Å². The van der Waals surface area contributed by atoms with Crippen LogP contribution < -0.4 is 21.1 Å². The zero-order chi connectivity index (χ0) is 22.4. The lowest BCUT2D eigenvalue weighted by atomic mass is 10.2. The minimum Gasteiger partial charge on any atom is -0.486 e. The van der Waals surface area contributed by atoms with Crippen LogP contribution in [0.5, 0.6) is 5.75 Å². The van der Waals surface area contributed by atoms with Gasteiger partial charge >= 0.3 is 0 Å². The van der Waals surface area contributed by atoms with Gasteiger partial charge in [-0.05, 0) is 55.5 Å². The van der Waals surface area contributed by atoms with E-state index in [2.05, 4.69) is 15.6 Å². The van der Waals surface area contributed by atoms with E-state index in [1.807, 2.05) is 0 Å². The van der Waals surface area contributed by atoms with E-state index in [1.165, 1.54) is 23.5 Å². The highest BCUT2D eigenvalue weighted by Gasteiger charge is 2.16. The van der Waals surface area contributed by atoms with Crippen molar-refractivity contribution in [1.29, 1.82) is 0 Å². The Morgan fingerprint density at radius 1 is 1.06 bits per heavy atom. The Morgan fingerprint density at radius 3 is 2.39 bits per heavy atom. The van der Waals surface area contributed by atoms with E-state index in [-0.39, 0.29) is 19.1 Å². The molecule has 0 radical (unpaired) electrons. The molecule has 1 heterocycles. The summed E-state index contributed by atoms with van der Waals surface area (Å²) in [5.41, 5.74) is 6.46. The number of benzene rings is 2. The average Bonchev–Trinajstić information content (AvgIpc) is 3.13. The number of nitrogens with one attached hydrogen (secondary N) is 2. The van der Waals surface area contributed by atoms with Gasteiger partial charge in [-0.3, -0.25) is 14.4 Å². The predicted molar refractivity (Wildman–Crippen MR) is 119 cm³/mol. The van der Waals surface area contributed by atoms with Gasteiger partial charge in [0.1, 0.15) is 22.2 Å². The monoisotopic (exact) mass is 458 g/mol. The quantitative estimate of drug-likeness (QED) is 0.478. The zero-order valence-electron chi connectivity index (χ0n) is 16.5. The number of halogens is 1. The van der Waals surface area contributed by atoms with E-state index in [9.17, 15) is 14.4 Å². The number of hydrogen-bond acceptors (Lipinski definition) is 6. The molecule has 4 N–H and O–H groups in total. The third-order valence-electron chi connectivity index (χ3n) is 4.05. The fraction of sp³-hybridized carbons (Fsp3) is 0.143. The Morgan fingerprint density at radius 2 is 1.74 bits per heavy atom. The molecule has 3 aromatic rings. The number of amides is 3. The van der Waals surface area contributed by atoms with Gasteiger partial charge < -0.3 is 21.1 Å². The van der Waals surface area contributed by atoms with Crippen LogP contribution >= 0.6 is 22.9 Å². The van der Waals surface area contributed by atoms with Crippen molar-refractivity contribution in [2.75, 3.05) is 11.9 Å². The summed E-state index contributed by atoms with van der Waals surface area (Å²) in [7, 11) is 0. The number of carbonyl (C=O) groups excluding carboxylic acids is 3. The van der Waals surface area contributed by atoms with E-state index in [4.69, 9.17) is 22.1 Å². The number of rotatable bonds is 8. The Labute approximate surface area is 187 Å². The minimum atomic E-state index is -0.630. The Kier molecular flexibility index (Phi) is 7.22. The van der Waals surface area contributed by atoms with E-state index < -0.39 is 11.8 Å². The molecule has 0 saturated carbocycles. The number of nitrogens with two attached hydrogens (primary N) is 1. The van der Waals surface area contributed by atoms with Crippen LogP contribution in [-0.2, 0) is 11.4 Å². The first-order valence-corrected chi connectivity index (χ1v) is 10.3. The number of aryl methyl sites for hydroxylation is 1. The van der Waals surface area contributed by atoms with Crippen LogP contribution in [0.1, 0.15) is 30.7 Å². The molecule has 0 saturated heterocycles. The first-order valence-electron chi connectivity index (χ1n) is 9.14. The molecule has 0 unspecified atom stereocenters. The van der Waals surface area contributed by atoms with Gasteiger partial charge in [0.25, 0.3) is 11.8 Å². The molecule has 10 heteroatoms. The fourth-order valence-corrected chi connectivity index (χ4v) is 3.56. The summed E-state index contributed by atoms with van der Waals surface area (Å²) in [6, 6.07) is 13.2. The molecule has 0 aliphatic heterocycles. The maximum Gasteiger partial charge on any atom is 0.267 e. The average molecular weight is 459 g/mol. The molecule has 160 valence electrons. The van der Waals surface area contributed by atoms with Crippen molar-refractivity contribution in [3.05, 3.63) is 74.7 Å². The van der Waals surface area contributed by atoms with E-state index >= 15 is 0 Å². The lowest BCUT2D eigenvalue weighted by Gasteiger charge is -2.06. The van der Waals surface area contributed by atoms with Gasteiger partial charge in [0.15, 0.2) is 0 Å². The standard InChI is InChI=1S/C21H19ClN4O4S/c1-12-19(31-18(25-12)11-30-16-8-4-14(22)5-9-16)21(29)26-15-6-2-13(3-7-15)20(28)24-10-17(23)27/h2-9H,10-11H2,1H3,(H2,23,27)(H,24,28)(H,26,29). The van der Waals surface area contributed by atoms with Crippen LogP contribution in [0.4, 0.5) is 5.69 Å². The summed E-state index contributed by atoms with van der Waals surface area (Å²) >= 11 is 7.10. The maximum atomic E-state index is 12.6. The highest BCUT2D eigenvalue weighted by Crippen LogP contribution is 2.22. The topological polar surface area (TPSA) is 123 Å². The highest BCUT2D eigenvalue weighted by atomic mass is 35.5. The van der Waals surface area contributed by atoms with Gasteiger partial charge in [0, 0.05) is 16.3 Å². The van der Waals surface area contributed by atoms with Crippen LogP contribution in [0.15, 0.2) is 48.5 Å². The molecular formula is C21H19ClN4O4S. The molecule has 0 aliphatic rings. The summed E-state index contributed by atoms with van der Waals surface area (Å²) in [5.74, 6) is -0.711. The number of aromatic nitrogens is 1. The van der Waals surface area contributed by atoms with E-state index in [0.29, 0.717) is 37.6 Å². The van der Waals surface area contributed by atoms with E-state index in [1.54, 1.807) is 43.3 Å². The SMILES string of the molecule is Cc1nc(COc2ccc(Cl)cc2)sc1C(=O)Nc1ccc(C(=O)NCC(N)=O)cc1. The molecule has 0 fully saturated rings. The number of primary amides is 1. The summed E-state index contributed by atoms with van der Waals surface area (Å²) in [5, 5.41) is 6.46. The largest absolute Gasteiger partial charge is 0.486 e. The third-order valence-corrected chi connectivity index (χ3v) is 5.43. The molecule has 3 rings (SSSR count). The first kappa shape index (κ1) is 22.3. The highest BCUT2D eigenvalue weighted by molar-refractivity contribution is 7.13. The lowest BCUT2D eigenvalue weighted by Crippen LogP contribution is -2.33. The second-order valence-electron chi connectivity index (χ2n) is 6.45. The molecule has 0 bridgehead atoms. The van der Waals surface area contributed by atoms with Gasteiger partial charge in [-0.25, -0.2) is 4.98 Å². The van der Waals surface area contributed by atoms with Gasteiger partial charge in [-0.2, -0.15) is 0 Å². The smallest absolute Gasteiger partial charge is 0.267 e. The van der Waals surface area contributed by atoms with Crippen molar-refractivity contribution >= 4 is 46.3 Å². The van der Waals surface area contributed by atoms with Crippen LogP contribution in [0.2, 0.25) is 5.02 Å². The molecule has 0 atom stereocenters. The van der Waals surface area contributed by atoms with Crippen molar-refractivity contribution < 1.29 is 19.1 Å². The molecule has 2 aromatic carbocycles. The predicted octanol–water partition coefficient (Wildman–Crippen LogP) is 3.15. The Bertz CT molecular complexity index is 1100. The van der Waals surface area contributed by atoms with Gasteiger partial charge in [0.2, 0.25) is 5.91 Å². The van der Waals surface area contributed by atoms with Crippen molar-refractivity contribution in [3.63, 3.8) is 0 Å². The molecular weight excluding hydrogens is 440 g/mol. The summed E-state index contributed by atoms with van der Waals surface area (Å²) < 4.78 is 5.67. The van der Waals surface area contributed by atoms with Gasteiger partial charge in [-0.1, -0.05) is 11.6 Å². The Hall–Kier alpha value is -3.43.